The fourth-order valence-electron chi connectivity index (χ4n) is 1.22. The number of amidine groups is 1. The minimum atomic E-state index is -0.215. The largest absolute Gasteiger partial charge is 0.383 e. The Morgan fingerprint density at radius 3 is 2.92 bits per heavy atom. The van der Waals surface area contributed by atoms with Crippen LogP contribution < -0.4 is 11.3 Å². The number of aromatic nitrogens is 2. The van der Waals surface area contributed by atoms with Crippen molar-refractivity contribution in [2.24, 2.45) is 5.73 Å². The van der Waals surface area contributed by atoms with E-state index >= 15 is 0 Å². The lowest BCUT2D eigenvalue weighted by atomic mass is 10.3. The van der Waals surface area contributed by atoms with Crippen molar-refractivity contribution in [2.75, 3.05) is 0 Å². The Morgan fingerprint density at radius 2 is 2.38 bits per heavy atom. The first kappa shape index (κ1) is 7.97. The molecule has 0 spiro atoms. The van der Waals surface area contributed by atoms with E-state index in [0.29, 0.717) is 0 Å². The normalized spacial score (nSPS) is 15.7. The third kappa shape index (κ3) is 1.32. The maximum absolute atomic E-state index is 11.6. The SMILES string of the molecule is N=C(N)c1cncn(C2CC2)c1=O. The smallest absolute Gasteiger partial charge is 0.264 e. The predicted octanol–water partition coefficient (Wildman–Crippen LogP) is -0.138. The summed E-state index contributed by atoms with van der Waals surface area (Å²) in [5, 5.41) is 7.16. The number of nitrogen functional groups attached to an aromatic ring is 1. The Bertz CT molecular complexity index is 405. The average Bonchev–Trinajstić information content (AvgIpc) is 2.87. The van der Waals surface area contributed by atoms with E-state index in [1.54, 1.807) is 4.57 Å². The molecule has 0 amide bonds. The Labute approximate surface area is 74.7 Å². The lowest BCUT2D eigenvalue weighted by Crippen LogP contribution is -2.29. The van der Waals surface area contributed by atoms with Gasteiger partial charge in [-0.05, 0) is 12.8 Å². The molecule has 1 aliphatic rings. The molecular weight excluding hydrogens is 168 g/mol. The summed E-state index contributed by atoms with van der Waals surface area (Å²) in [7, 11) is 0. The number of nitrogens with zero attached hydrogens (tertiary/aromatic N) is 2. The van der Waals surface area contributed by atoms with Crippen LogP contribution in [-0.2, 0) is 0 Å². The molecular formula is C8H10N4O. The molecule has 68 valence electrons. The monoisotopic (exact) mass is 178 g/mol. The minimum absolute atomic E-state index is 0.189. The van der Waals surface area contributed by atoms with E-state index in [4.69, 9.17) is 11.1 Å². The second kappa shape index (κ2) is 2.69. The van der Waals surface area contributed by atoms with Crippen molar-refractivity contribution < 1.29 is 0 Å². The number of hydrogen-bond acceptors (Lipinski definition) is 3. The van der Waals surface area contributed by atoms with Crippen LogP contribution in [0.1, 0.15) is 24.4 Å². The summed E-state index contributed by atoms with van der Waals surface area (Å²) in [5.41, 5.74) is 5.22. The second-order valence-corrected chi connectivity index (χ2v) is 3.16. The molecule has 3 N–H and O–H groups in total. The first-order chi connectivity index (χ1) is 6.20. The molecule has 5 heteroatoms. The number of nitrogens with two attached hydrogens (primary N) is 1. The molecule has 1 aromatic rings. The van der Waals surface area contributed by atoms with Gasteiger partial charge in [0.2, 0.25) is 0 Å². The fraction of sp³-hybridized carbons (Fsp3) is 0.375. The first-order valence-electron chi connectivity index (χ1n) is 4.10. The summed E-state index contributed by atoms with van der Waals surface area (Å²) in [4.78, 5) is 15.5. The fourth-order valence-corrected chi connectivity index (χ4v) is 1.22. The quantitative estimate of drug-likeness (QED) is 0.488. The zero-order valence-electron chi connectivity index (χ0n) is 7.03. The Morgan fingerprint density at radius 1 is 1.69 bits per heavy atom. The van der Waals surface area contributed by atoms with Gasteiger partial charge < -0.3 is 5.73 Å². The molecule has 0 atom stereocenters. The van der Waals surface area contributed by atoms with Crippen LogP contribution in [0, 0.1) is 5.41 Å². The zero-order valence-corrected chi connectivity index (χ0v) is 7.03. The molecule has 1 fully saturated rings. The molecule has 1 aromatic heterocycles. The van der Waals surface area contributed by atoms with Gasteiger partial charge in [-0.3, -0.25) is 14.8 Å². The van der Waals surface area contributed by atoms with E-state index in [1.807, 2.05) is 0 Å². The van der Waals surface area contributed by atoms with E-state index in [2.05, 4.69) is 4.98 Å². The van der Waals surface area contributed by atoms with Crippen molar-refractivity contribution in [2.45, 2.75) is 18.9 Å². The minimum Gasteiger partial charge on any atom is -0.383 e. The summed E-state index contributed by atoms with van der Waals surface area (Å²) in [5.74, 6) is -0.215. The highest BCUT2D eigenvalue weighted by atomic mass is 16.1. The van der Waals surface area contributed by atoms with Crippen LogP contribution in [0.4, 0.5) is 0 Å². The maximum atomic E-state index is 11.6. The zero-order chi connectivity index (χ0) is 9.42. The van der Waals surface area contributed by atoms with Crippen molar-refractivity contribution in [3.8, 4) is 0 Å². The van der Waals surface area contributed by atoms with E-state index in [1.165, 1.54) is 12.5 Å². The van der Waals surface area contributed by atoms with Crippen molar-refractivity contribution in [3.63, 3.8) is 0 Å². The Kier molecular flexibility index (Phi) is 1.65. The van der Waals surface area contributed by atoms with E-state index in [-0.39, 0.29) is 23.0 Å². The molecule has 1 aliphatic carbocycles. The lowest BCUT2D eigenvalue weighted by Gasteiger charge is -2.03. The number of rotatable bonds is 2. The van der Waals surface area contributed by atoms with Crippen molar-refractivity contribution in [1.29, 1.82) is 5.41 Å². The van der Waals surface area contributed by atoms with Crippen LogP contribution in [-0.4, -0.2) is 15.4 Å². The predicted molar refractivity (Wildman–Crippen MR) is 47.8 cm³/mol. The van der Waals surface area contributed by atoms with Gasteiger partial charge in [0, 0.05) is 12.2 Å². The van der Waals surface area contributed by atoms with Crippen LogP contribution in [0.3, 0.4) is 0 Å². The Balaban J connectivity index is 2.54. The maximum Gasteiger partial charge on any atom is 0.264 e. The van der Waals surface area contributed by atoms with Gasteiger partial charge in [0.25, 0.3) is 5.56 Å². The average molecular weight is 178 g/mol. The number of nitrogens with one attached hydrogen (secondary N) is 1. The van der Waals surface area contributed by atoms with Gasteiger partial charge in [-0.2, -0.15) is 0 Å². The summed E-state index contributed by atoms with van der Waals surface area (Å²) >= 11 is 0. The van der Waals surface area contributed by atoms with E-state index in [9.17, 15) is 4.79 Å². The third-order valence-electron chi connectivity index (χ3n) is 2.09. The summed E-state index contributed by atoms with van der Waals surface area (Å²) in [6.45, 7) is 0. The first-order valence-corrected chi connectivity index (χ1v) is 4.10. The Hall–Kier alpha value is -1.65. The topological polar surface area (TPSA) is 84.8 Å². The summed E-state index contributed by atoms with van der Waals surface area (Å²) in [6.07, 6.45) is 4.88. The molecule has 13 heavy (non-hydrogen) atoms. The molecule has 0 unspecified atom stereocenters. The molecule has 0 aromatic carbocycles. The van der Waals surface area contributed by atoms with Gasteiger partial charge in [-0.1, -0.05) is 0 Å². The molecule has 1 saturated carbocycles. The second-order valence-electron chi connectivity index (χ2n) is 3.16. The van der Waals surface area contributed by atoms with Crippen LogP contribution in [0.25, 0.3) is 0 Å². The molecule has 5 nitrogen and oxygen atoms in total. The van der Waals surface area contributed by atoms with Crippen LogP contribution >= 0.6 is 0 Å². The summed E-state index contributed by atoms with van der Waals surface area (Å²) < 4.78 is 1.55. The van der Waals surface area contributed by atoms with Gasteiger partial charge >= 0.3 is 0 Å². The highest BCUT2D eigenvalue weighted by Gasteiger charge is 2.25. The van der Waals surface area contributed by atoms with E-state index < -0.39 is 0 Å². The third-order valence-corrected chi connectivity index (χ3v) is 2.09. The molecule has 2 rings (SSSR count). The van der Waals surface area contributed by atoms with Gasteiger partial charge in [-0.15, -0.1) is 0 Å². The molecule has 0 bridgehead atoms. The molecule has 1 heterocycles. The standard InChI is InChI=1S/C8H10N4O/c9-7(10)6-3-11-4-12(8(6)13)5-1-2-5/h3-5H,1-2H2,(H3,9,10). The molecule has 0 aliphatic heterocycles. The lowest BCUT2D eigenvalue weighted by molar-refractivity contribution is 0.686. The van der Waals surface area contributed by atoms with Gasteiger partial charge in [0.05, 0.1) is 11.9 Å². The van der Waals surface area contributed by atoms with Gasteiger partial charge in [-0.25, -0.2) is 4.98 Å². The molecule has 0 saturated heterocycles. The highest BCUT2D eigenvalue weighted by Crippen LogP contribution is 2.32. The number of hydrogen-bond donors (Lipinski definition) is 2. The summed E-state index contributed by atoms with van der Waals surface area (Å²) in [6, 6.07) is 0.277. The van der Waals surface area contributed by atoms with Crippen LogP contribution in [0.5, 0.6) is 0 Å². The van der Waals surface area contributed by atoms with Gasteiger partial charge in [0.1, 0.15) is 5.84 Å². The van der Waals surface area contributed by atoms with Crippen LogP contribution in [0.2, 0.25) is 0 Å². The van der Waals surface area contributed by atoms with Crippen molar-refractivity contribution in [3.05, 3.63) is 28.4 Å². The van der Waals surface area contributed by atoms with Crippen molar-refractivity contribution in [1.82, 2.24) is 9.55 Å². The van der Waals surface area contributed by atoms with Crippen molar-refractivity contribution >= 4 is 5.84 Å². The van der Waals surface area contributed by atoms with E-state index in [0.717, 1.165) is 12.8 Å². The van der Waals surface area contributed by atoms with Gasteiger partial charge in [0.15, 0.2) is 0 Å². The van der Waals surface area contributed by atoms with Crippen LogP contribution in [0.15, 0.2) is 17.3 Å². The molecule has 0 radical (unpaired) electrons. The highest BCUT2D eigenvalue weighted by molar-refractivity contribution is 5.94.